The van der Waals surface area contributed by atoms with Crippen LogP contribution in [0, 0.1) is 24.5 Å². The lowest BCUT2D eigenvalue weighted by Gasteiger charge is -2.30. The number of para-hydroxylation sites is 1. The highest BCUT2D eigenvalue weighted by Gasteiger charge is 2.29. The zero-order valence-electron chi connectivity index (χ0n) is 21.4. The first kappa shape index (κ1) is 27.0. The van der Waals surface area contributed by atoms with E-state index in [1.165, 1.54) is 43.9 Å². The third-order valence-corrected chi connectivity index (χ3v) is 7.36. The highest BCUT2D eigenvalue weighted by Crippen LogP contribution is 2.44. The summed E-state index contributed by atoms with van der Waals surface area (Å²) >= 11 is 0. The Kier molecular flexibility index (Phi) is 9.12. The van der Waals surface area contributed by atoms with Crippen LogP contribution < -0.4 is 9.47 Å². The van der Waals surface area contributed by atoms with Crippen molar-refractivity contribution in [2.24, 2.45) is 5.92 Å². The first-order chi connectivity index (χ1) is 17.9. The largest absolute Gasteiger partial charge is 0.453 e. The summed E-state index contributed by atoms with van der Waals surface area (Å²) in [5.41, 5.74) is 1.85. The van der Waals surface area contributed by atoms with E-state index < -0.39 is 18.2 Å². The van der Waals surface area contributed by atoms with E-state index in [9.17, 15) is 8.78 Å². The summed E-state index contributed by atoms with van der Waals surface area (Å²) in [6.07, 6.45) is 8.37. The molecule has 0 heterocycles. The van der Waals surface area contributed by atoms with Crippen LogP contribution in [-0.4, -0.2) is 6.61 Å². The molecule has 1 fully saturated rings. The predicted molar refractivity (Wildman–Crippen MR) is 139 cm³/mol. The van der Waals surface area contributed by atoms with Gasteiger partial charge in [0, 0.05) is 11.1 Å². The third kappa shape index (κ3) is 6.65. The second-order valence-electron chi connectivity index (χ2n) is 9.95. The average molecular weight is 515 g/mol. The first-order valence-electron chi connectivity index (χ1n) is 13.2. The van der Waals surface area contributed by atoms with Gasteiger partial charge in [0.25, 0.3) is 0 Å². The summed E-state index contributed by atoms with van der Waals surface area (Å²) in [5.74, 6) is -0.220. The normalized spacial score (nSPS) is 17.7. The summed E-state index contributed by atoms with van der Waals surface area (Å²) in [6.45, 7) is 0.922. The molecule has 0 aliphatic heterocycles. The van der Waals surface area contributed by atoms with Crippen LogP contribution in [0.25, 0.3) is 11.1 Å². The average Bonchev–Trinajstić information content (AvgIpc) is 2.88. The van der Waals surface area contributed by atoms with Gasteiger partial charge in [0.05, 0.1) is 0 Å². The van der Waals surface area contributed by atoms with E-state index in [-0.39, 0.29) is 23.0 Å². The van der Waals surface area contributed by atoms with E-state index in [0.717, 1.165) is 25.7 Å². The third-order valence-electron chi connectivity index (χ3n) is 7.36. The van der Waals surface area contributed by atoms with Gasteiger partial charge in [-0.25, -0.2) is 8.78 Å². The number of unbranched alkanes of at least 4 members (excludes halogenated alkanes) is 2. The Morgan fingerprint density at radius 1 is 0.919 bits per heavy atom. The summed E-state index contributed by atoms with van der Waals surface area (Å²) in [4.78, 5) is 0. The summed E-state index contributed by atoms with van der Waals surface area (Å²) in [6, 6.07) is 14.6. The quantitative estimate of drug-likeness (QED) is 0.198. The Morgan fingerprint density at radius 2 is 1.62 bits per heavy atom. The molecule has 0 bridgehead atoms. The maximum atomic E-state index is 15.9. The highest BCUT2D eigenvalue weighted by atomic mass is 19.3. The molecule has 0 amide bonds. The number of alkyl halides is 2. The molecule has 4 rings (SSSR count). The van der Waals surface area contributed by atoms with Crippen molar-refractivity contribution < 1.29 is 27.0 Å². The fourth-order valence-electron chi connectivity index (χ4n) is 5.38. The van der Waals surface area contributed by atoms with Crippen LogP contribution in [0.2, 0.25) is 0 Å². The Balaban J connectivity index is 1.56. The SMILES string of the molecule is CCCCCC1CCC(c2c(F)cc(C)c(Oc3ccccc3-c3ccc(OC(F)F)cc3)c2F)CC1. The van der Waals surface area contributed by atoms with Gasteiger partial charge in [-0.05, 0) is 79.8 Å². The van der Waals surface area contributed by atoms with Gasteiger partial charge >= 0.3 is 6.61 Å². The van der Waals surface area contributed by atoms with Crippen LogP contribution in [0.1, 0.15) is 75.3 Å². The van der Waals surface area contributed by atoms with E-state index in [1.807, 2.05) is 6.07 Å². The van der Waals surface area contributed by atoms with Crippen LogP contribution in [0.3, 0.4) is 0 Å². The van der Waals surface area contributed by atoms with E-state index in [4.69, 9.17) is 4.74 Å². The number of halogens is 4. The van der Waals surface area contributed by atoms with Gasteiger partial charge in [0.1, 0.15) is 17.3 Å². The van der Waals surface area contributed by atoms with E-state index in [0.29, 0.717) is 28.4 Å². The van der Waals surface area contributed by atoms with Crippen molar-refractivity contribution in [2.45, 2.75) is 77.7 Å². The lowest BCUT2D eigenvalue weighted by atomic mass is 9.76. The zero-order valence-corrected chi connectivity index (χ0v) is 21.4. The molecule has 37 heavy (non-hydrogen) atoms. The van der Waals surface area contributed by atoms with Gasteiger partial charge in [-0.1, -0.05) is 62.9 Å². The zero-order chi connectivity index (χ0) is 26.4. The second-order valence-corrected chi connectivity index (χ2v) is 9.95. The molecule has 198 valence electrons. The van der Waals surface area contributed by atoms with Crippen molar-refractivity contribution in [3.63, 3.8) is 0 Å². The summed E-state index contributed by atoms with van der Waals surface area (Å²) < 4.78 is 66.5. The second kappa shape index (κ2) is 12.5. The Hall–Kier alpha value is -3.02. The van der Waals surface area contributed by atoms with Crippen LogP contribution in [0.15, 0.2) is 54.6 Å². The molecule has 3 aromatic carbocycles. The molecule has 6 heteroatoms. The lowest BCUT2D eigenvalue weighted by molar-refractivity contribution is -0.0498. The van der Waals surface area contributed by atoms with Crippen molar-refractivity contribution in [3.05, 3.63) is 77.4 Å². The molecular weight excluding hydrogens is 480 g/mol. The van der Waals surface area contributed by atoms with Crippen molar-refractivity contribution >= 4 is 0 Å². The van der Waals surface area contributed by atoms with Gasteiger partial charge in [0.2, 0.25) is 0 Å². The number of aryl methyl sites for hydroxylation is 1. The monoisotopic (exact) mass is 514 g/mol. The predicted octanol–water partition coefficient (Wildman–Crippen LogP) is 10.2. The molecule has 0 radical (unpaired) electrons. The fourth-order valence-corrected chi connectivity index (χ4v) is 5.38. The van der Waals surface area contributed by atoms with Crippen LogP contribution in [0.4, 0.5) is 17.6 Å². The van der Waals surface area contributed by atoms with Gasteiger partial charge in [0.15, 0.2) is 11.6 Å². The summed E-state index contributed by atoms with van der Waals surface area (Å²) in [7, 11) is 0. The van der Waals surface area contributed by atoms with Gasteiger partial charge in [-0.2, -0.15) is 8.78 Å². The molecule has 2 nitrogen and oxygen atoms in total. The lowest BCUT2D eigenvalue weighted by Crippen LogP contribution is -2.16. The van der Waals surface area contributed by atoms with Gasteiger partial charge < -0.3 is 9.47 Å². The molecule has 1 aliphatic carbocycles. The Morgan fingerprint density at radius 3 is 2.30 bits per heavy atom. The number of benzene rings is 3. The number of hydrogen-bond donors (Lipinski definition) is 0. The van der Waals surface area contributed by atoms with Crippen LogP contribution in [-0.2, 0) is 0 Å². The molecule has 0 atom stereocenters. The molecule has 1 saturated carbocycles. The molecular formula is C31H34F4O2. The molecule has 1 aliphatic rings. The van der Waals surface area contributed by atoms with Crippen molar-refractivity contribution in [3.8, 4) is 28.4 Å². The summed E-state index contributed by atoms with van der Waals surface area (Å²) in [5, 5.41) is 0. The fraction of sp³-hybridized carbons (Fsp3) is 0.419. The van der Waals surface area contributed by atoms with Gasteiger partial charge in [-0.15, -0.1) is 0 Å². The minimum atomic E-state index is -2.91. The maximum Gasteiger partial charge on any atom is 0.387 e. The molecule has 3 aromatic rings. The van der Waals surface area contributed by atoms with Crippen molar-refractivity contribution in [1.29, 1.82) is 0 Å². The highest BCUT2D eigenvalue weighted by molar-refractivity contribution is 5.71. The number of ether oxygens (including phenoxy) is 2. The molecule has 0 spiro atoms. The molecule has 0 saturated heterocycles. The standard InChI is InChI=1S/C31H34F4O2/c1-3-4-5-8-21-11-13-23(14-12-21)28-26(32)19-20(2)30(29(28)33)37-27-10-7-6-9-25(27)22-15-17-24(18-16-22)36-31(34)35/h6-7,9-10,15-19,21,23,31H,3-5,8,11-14H2,1-2H3. The molecule has 0 aromatic heterocycles. The molecule has 0 N–H and O–H groups in total. The van der Waals surface area contributed by atoms with E-state index >= 15 is 8.78 Å². The van der Waals surface area contributed by atoms with Crippen LogP contribution in [0.5, 0.6) is 17.2 Å². The minimum absolute atomic E-state index is 0.0200. The van der Waals surface area contributed by atoms with Crippen LogP contribution >= 0.6 is 0 Å². The van der Waals surface area contributed by atoms with E-state index in [2.05, 4.69) is 11.7 Å². The Bertz CT molecular complexity index is 1170. The number of rotatable bonds is 10. The maximum absolute atomic E-state index is 15.9. The first-order valence-corrected chi connectivity index (χ1v) is 13.2. The minimum Gasteiger partial charge on any atom is -0.453 e. The van der Waals surface area contributed by atoms with Crippen molar-refractivity contribution in [1.82, 2.24) is 0 Å². The Labute approximate surface area is 216 Å². The van der Waals surface area contributed by atoms with E-state index in [1.54, 1.807) is 37.3 Å². The van der Waals surface area contributed by atoms with Gasteiger partial charge in [-0.3, -0.25) is 0 Å². The molecule has 0 unspecified atom stereocenters. The van der Waals surface area contributed by atoms with Crippen molar-refractivity contribution in [2.75, 3.05) is 0 Å². The topological polar surface area (TPSA) is 18.5 Å². The smallest absolute Gasteiger partial charge is 0.387 e. The number of hydrogen-bond acceptors (Lipinski definition) is 2.